The quantitative estimate of drug-likeness (QED) is 0.420. The third-order valence-corrected chi connectivity index (χ3v) is 3.48. The van der Waals surface area contributed by atoms with Crippen LogP contribution in [-0.2, 0) is 12.8 Å². The number of halogens is 1. The maximum atomic E-state index is 11.6. The van der Waals surface area contributed by atoms with Gasteiger partial charge in [-0.2, -0.15) is 0 Å². The van der Waals surface area contributed by atoms with E-state index in [1.807, 2.05) is 34.7 Å². The van der Waals surface area contributed by atoms with Crippen LogP contribution in [0, 0.1) is 15.0 Å². The fraction of sp³-hybridized carbons (Fsp3) is 0.364. The van der Waals surface area contributed by atoms with E-state index in [0.717, 1.165) is 18.4 Å². The molecule has 0 saturated carbocycles. The number of fused-ring (bicyclic) bond motifs is 2. The van der Waals surface area contributed by atoms with Crippen molar-refractivity contribution in [3.05, 3.63) is 32.3 Å². The molecule has 1 aliphatic rings. The van der Waals surface area contributed by atoms with Crippen molar-refractivity contribution in [3.8, 4) is 0 Å². The van der Waals surface area contributed by atoms with Crippen LogP contribution in [0.15, 0.2) is 12.1 Å². The van der Waals surface area contributed by atoms with Crippen LogP contribution in [0.1, 0.15) is 18.1 Å². The highest BCUT2D eigenvalue weighted by atomic mass is 127. The van der Waals surface area contributed by atoms with Gasteiger partial charge in [-0.1, -0.05) is 6.92 Å². The van der Waals surface area contributed by atoms with E-state index in [2.05, 4.69) is 17.0 Å². The largest absolute Gasteiger partial charge is 0.594 e. The Balaban J connectivity index is 2.30. The summed E-state index contributed by atoms with van der Waals surface area (Å²) in [6.07, 6.45) is 2.14. The van der Waals surface area contributed by atoms with E-state index in [1.165, 1.54) is 11.1 Å². The Kier molecular flexibility index (Phi) is 2.24. The Morgan fingerprint density at radius 2 is 2.06 bits per heavy atom. The van der Waals surface area contributed by atoms with E-state index >= 15 is 0 Å². The zero-order valence-electron chi connectivity index (χ0n) is 8.77. The van der Waals surface area contributed by atoms with Gasteiger partial charge in [-0.3, -0.25) is 0 Å². The highest BCUT2D eigenvalue weighted by Crippen LogP contribution is 2.28. The first-order chi connectivity index (χ1) is 7.63. The van der Waals surface area contributed by atoms with Gasteiger partial charge in [0.1, 0.15) is 5.52 Å². The lowest BCUT2D eigenvalue weighted by molar-refractivity contribution is -0.644. The van der Waals surface area contributed by atoms with Gasteiger partial charge >= 0.3 is 0 Å². The molecule has 3 rings (SSSR count). The van der Waals surface area contributed by atoms with Gasteiger partial charge < -0.3 is 5.21 Å². The Morgan fingerprint density at radius 1 is 1.38 bits per heavy atom. The van der Waals surface area contributed by atoms with Gasteiger partial charge in [0.05, 0.1) is 0 Å². The molecule has 1 aromatic heterocycles. The Hall–Kier alpha value is -0.980. The highest BCUT2D eigenvalue weighted by Gasteiger charge is 2.21. The minimum atomic E-state index is 0.492. The predicted molar refractivity (Wildman–Crippen MR) is 67.8 cm³/mol. The minimum Gasteiger partial charge on any atom is -0.594 e. The molecule has 1 heterocycles. The number of benzene rings is 1. The molecular weight excluding hydrogens is 317 g/mol. The molecule has 0 saturated heterocycles. The summed E-state index contributed by atoms with van der Waals surface area (Å²) in [4.78, 5) is 4.97. The molecule has 16 heavy (non-hydrogen) atoms. The SMILES string of the molecule is CC1Cc2cc3nc(I)n[n+]([O-])c3cc2C1. The third kappa shape index (κ3) is 1.53. The first-order valence-corrected chi connectivity index (χ1v) is 6.30. The van der Waals surface area contributed by atoms with Crippen molar-refractivity contribution in [1.82, 2.24) is 10.1 Å². The Morgan fingerprint density at radius 3 is 2.81 bits per heavy atom. The maximum Gasteiger partial charge on any atom is 0.270 e. The van der Waals surface area contributed by atoms with Crippen LogP contribution in [0.4, 0.5) is 0 Å². The summed E-state index contributed by atoms with van der Waals surface area (Å²) in [5.41, 5.74) is 3.93. The number of nitrogens with zero attached hydrogens (tertiary/aromatic N) is 3. The smallest absolute Gasteiger partial charge is 0.270 e. The number of hydrogen-bond donors (Lipinski definition) is 0. The summed E-state index contributed by atoms with van der Waals surface area (Å²) in [7, 11) is 0. The van der Waals surface area contributed by atoms with Gasteiger partial charge in [0, 0.05) is 33.8 Å². The lowest BCUT2D eigenvalue weighted by Crippen LogP contribution is -2.33. The molecule has 0 amide bonds. The average Bonchev–Trinajstić information content (AvgIpc) is 2.54. The molecule has 1 unspecified atom stereocenters. The topological polar surface area (TPSA) is 52.7 Å². The summed E-state index contributed by atoms with van der Waals surface area (Å²) in [5.74, 6) is 0.666. The van der Waals surface area contributed by atoms with E-state index < -0.39 is 0 Å². The van der Waals surface area contributed by atoms with Gasteiger partial charge in [0.2, 0.25) is 0 Å². The Bertz CT molecular complexity index is 585. The molecule has 0 aliphatic heterocycles. The minimum absolute atomic E-state index is 0.492. The molecule has 0 radical (unpaired) electrons. The van der Waals surface area contributed by atoms with Gasteiger partial charge in [-0.15, -0.1) is 0 Å². The van der Waals surface area contributed by atoms with Crippen LogP contribution >= 0.6 is 22.6 Å². The van der Waals surface area contributed by atoms with Gasteiger partial charge in [-0.25, -0.2) is 4.98 Å². The zero-order valence-corrected chi connectivity index (χ0v) is 10.9. The molecule has 82 valence electrons. The van der Waals surface area contributed by atoms with Gasteiger partial charge in [-0.05, 0) is 40.8 Å². The van der Waals surface area contributed by atoms with Crippen molar-refractivity contribution < 1.29 is 4.85 Å². The van der Waals surface area contributed by atoms with Crippen LogP contribution in [0.25, 0.3) is 11.0 Å². The molecule has 0 fully saturated rings. The normalized spacial score (nSPS) is 19.0. The highest BCUT2D eigenvalue weighted by molar-refractivity contribution is 14.1. The standard InChI is InChI=1S/C11H10IN3O/c1-6-2-7-4-9-10(5-8(7)3-6)15(16)14-11(12)13-9/h4-6H,2-3H2,1H3. The molecule has 4 nitrogen and oxygen atoms in total. The second-order valence-electron chi connectivity index (χ2n) is 4.38. The van der Waals surface area contributed by atoms with Crippen molar-refractivity contribution >= 4 is 33.6 Å². The molecule has 2 aromatic rings. The number of aromatic nitrogens is 3. The van der Waals surface area contributed by atoms with E-state index in [1.54, 1.807) is 0 Å². The fourth-order valence-corrected chi connectivity index (χ4v) is 2.82. The summed E-state index contributed by atoms with van der Waals surface area (Å²) >= 11 is 1.96. The van der Waals surface area contributed by atoms with E-state index in [4.69, 9.17) is 0 Å². The van der Waals surface area contributed by atoms with Gasteiger partial charge in [0.25, 0.3) is 9.35 Å². The van der Waals surface area contributed by atoms with Crippen LogP contribution in [-0.4, -0.2) is 10.1 Å². The first kappa shape index (κ1) is 10.2. The molecular formula is C11H10IN3O. The maximum absolute atomic E-state index is 11.6. The van der Waals surface area contributed by atoms with Crippen LogP contribution in [0.3, 0.4) is 0 Å². The number of hydrogen-bond acceptors (Lipinski definition) is 3. The fourth-order valence-electron chi connectivity index (χ4n) is 2.36. The zero-order chi connectivity index (χ0) is 11.3. The van der Waals surface area contributed by atoms with Crippen LogP contribution < -0.4 is 4.85 Å². The lowest BCUT2D eigenvalue weighted by Gasteiger charge is -2.02. The molecule has 1 atom stereocenters. The monoisotopic (exact) mass is 327 g/mol. The van der Waals surface area contributed by atoms with Crippen molar-refractivity contribution in [1.29, 1.82) is 0 Å². The molecule has 0 bridgehead atoms. The van der Waals surface area contributed by atoms with Gasteiger partial charge in [0.15, 0.2) is 0 Å². The summed E-state index contributed by atoms with van der Waals surface area (Å²) in [6.45, 7) is 2.23. The predicted octanol–water partition coefficient (Wildman–Crippen LogP) is 1.60. The molecule has 0 spiro atoms. The molecule has 0 N–H and O–H groups in total. The Labute approximate surface area is 106 Å². The van der Waals surface area contributed by atoms with Crippen molar-refractivity contribution in [3.63, 3.8) is 0 Å². The van der Waals surface area contributed by atoms with Crippen LogP contribution in [0.5, 0.6) is 0 Å². The average molecular weight is 327 g/mol. The number of rotatable bonds is 0. The summed E-state index contributed by atoms with van der Waals surface area (Å²) < 4.78 is 0.492. The summed E-state index contributed by atoms with van der Waals surface area (Å²) in [6, 6.07) is 3.98. The summed E-state index contributed by atoms with van der Waals surface area (Å²) in [5, 5.41) is 15.4. The van der Waals surface area contributed by atoms with Crippen molar-refractivity contribution in [2.24, 2.45) is 5.92 Å². The van der Waals surface area contributed by atoms with E-state index in [9.17, 15) is 5.21 Å². The second kappa shape index (κ2) is 3.51. The lowest BCUT2D eigenvalue weighted by atomic mass is 10.1. The van der Waals surface area contributed by atoms with E-state index in [-0.39, 0.29) is 0 Å². The van der Waals surface area contributed by atoms with Crippen LogP contribution in [0.2, 0.25) is 0 Å². The van der Waals surface area contributed by atoms with Crippen molar-refractivity contribution in [2.45, 2.75) is 19.8 Å². The molecule has 1 aromatic carbocycles. The third-order valence-electron chi connectivity index (χ3n) is 3.03. The van der Waals surface area contributed by atoms with Crippen molar-refractivity contribution in [2.75, 3.05) is 0 Å². The first-order valence-electron chi connectivity index (χ1n) is 5.22. The second-order valence-corrected chi connectivity index (χ2v) is 5.34. The molecule has 1 aliphatic carbocycles. The van der Waals surface area contributed by atoms with E-state index in [0.29, 0.717) is 20.1 Å². The molecule has 5 heteroatoms.